The van der Waals surface area contributed by atoms with Crippen molar-refractivity contribution in [1.82, 2.24) is 9.47 Å². The number of aromatic nitrogens is 1. The predicted octanol–water partition coefficient (Wildman–Crippen LogP) is 4.35. The molecule has 2 aromatic rings. The highest BCUT2D eigenvalue weighted by Crippen LogP contribution is 2.40. The zero-order valence-electron chi connectivity index (χ0n) is 17.4. The maximum Gasteiger partial charge on any atom is 0.251 e. The molecule has 0 amide bonds. The third-order valence-electron chi connectivity index (χ3n) is 6.84. The molecule has 1 aromatic carbocycles. The van der Waals surface area contributed by atoms with Gasteiger partial charge in [0.05, 0.1) is 6.61 Å². The van der Waals surface area contributed by atoms with Gasteiger partial charge < -0.3 is 14.0 Å². The van der Waals surface area contributed by atoms with E-state index in [1.165, 1.54) is 19.3 Å². The number of pyridine rings is 1. The van der Waals surface area contributed by atoms with Crippen molar-refractivity contribution in [2.75, 3.05) is 13.1 Å². The molecule has 29 heavy (non-hydrogen) atoms. The van der Waals surface area contributed by atoms with Gasteiger partial charge in [-0.3, -0.25) is 9.69 Å². The number of fused-ring (bicyclic) bond motifs is 1. The van der Waals surface area contributed by atoms with Crippen LogP contribution in [0.1, 0.15) is 57.6 Å². The van der Waals surface area contributed by atoms with Gasteiger partial charge in [0.2, 0.25) is 5.79 Å². The molecule has 1 spiro atoms. The Labute approximate surface area is 172 Å². The second kappa shape index (κ2) is 7.29. The Morgan fingerprint density at radius 2 is 1.83 bits per heavy atom. The van der Waals surface area contributed by atoms with E-state index in [1.807, 2.05) is 32.2 Å². The Bertz CT molecular complexity index is 953. The number of likely N-dealkylation sites (tertiary alicyclic amines) is 1. The second-order valence-electron chi connectivity index (χ2n) is 9.00. The molecule has 2 fully saturated rings. The van der Waals surface area contributed by atoms with E-state index in [0.29, 0.717) is 6.61 Å². The Balaban J connectivity index is 1.32. The number of piperidine rings is 1. The van der Waals surface area contributed by atoms with Crippen molar-refractivity contribution in [3.8, 4) is 16.9 Å². The largest absolute Gasteiger partial charge is 0.462 e. The lowest BCUT2D eigenvalue weighted by atomic mass is 9.89. The first-order valence-electron chi connectivity index (χ1n) is 11.0. The summed E-state index contributed by atoms with van der Waals surface area (Å²) in [7, 11) is 0. The zero-order valence-corrected chi connectivity index (χ0v) is 17.4. The highest BCUT2D eigenvalue weighted by molar-refractivity contribution is 5.65. The van der Waals surface area contributed by atoms with Crippen molar-refractivity contribution >= 4 is 0 Å². The van der Waals surface area contributed by atoms with E-state index in [2.05, 4.69) is 17.0 Å². The van der Waals surface area contributed by atoms with Gasteiger partial charge in [-0.2, -0.15) is 0 Å². The fraction of sp³-hybridized carbons (Fsp3) is 0.542. The number of rotatable bonds is 3. The molecule has 5 heteroatoms. The van der Waals surface area contributed by atoms with Crippen LogP contribution >= 0.6 is 0 Å². The van der Waals surface area contributed by atoms with E-state index in [1.54, 1.807) is 10.6 Å². The van der Waals surface area contributed by atoms with Crippen molar-refractivity contribution in [3.63, 3.8) is 0 Å². The van der Waals surface area contributed by atoms with Crippen molar-refractivity contribution < 1.29 is 9.47 Å². The highest BCUT2D eigenvalue weighted by atomic mass is 16.7. The Kier molecular flexibility index (Phi) is 4.75. The van der Waals surface area contributed by atoms with Crippen LogP contribution in [0.3, 0.4) is 0 Å². The summed E-state index contributed by atoms with van der Waals surface area (Å²) >= 11 is 0. The summed E-state index contributed by atoms with van der Waals surface area (Å²) in [5.41, 5.74) is 3.05. The van der Waals surface area contributed by atoms with Crippen LogP contribution in [-0.4, -0.2) is 34.4 Å². The maximum atomic E-state index is 12.4. The van der Waals surface area contributed by atoms with Crippen molar-refractivity contribution in [3.05, 3.63) is 52.4 Å². The Hall–Kier alpha value is -2.11. The summed E-state index contributed by atoms with van der Waals surface area (Å²) < 4.78 is 14.4. The van der Waals surface area contributed by atoms with Gasteiger partial charge in [-0.05, 0) is 56.0 Å². The van der Waals surface area contributed by atoms with Crippen LogP contribution in [0.5, 0.6) is 5.75 Å². The Morgan fingerprint density at radius 3 is 2.48 bits per heavy atom. The fourth-order valence-corrected chi connectivity index (χ4v) is 4.73. The standard InChI is InChI=1S/C24H30N2O3/c1-17(2)26-11-8-19(15-23(26)27)18-6-7-22-20(14-18)16-28-24(29-22)9-12-25(13-10-24)21-4-3-5-21/h6-8,11,14-15,17,21H,3-5,9-10,12-13,16H2,1-2H3. The third kappa shape index (κ3) is 3.51. The minimum absolute atomic E-state index is 0.0277. The van der Waals surface area contributed by atoms with Crippen LogP contribution in [0.2, 0.25) is 0 Å². The van der Waals surface area contributed by atoms with Gasteiger partial charge >= 0.3 is 0 Å². The van der Waals surface area contributed by atoms with Crippen LogP contribution in [-0.2, 0) is 11.3 Å². The van der Waals surface area contributed by atoms with Crippen LogP contribution in [0, 0.1) is 0 Å². The van der Waals surface area contributed by atoms with E-state index in [0.717, 1.165) is 54.4 Å². The van der Waals surface area contributed by atoms with Crippen LogP contribution in [0.15, 0.2) is 41.3 Å². The smallest absolute Gasteiger partial charge is 0.251 e. The summed E-state index contributed by atoms with van der Waals surface area (Å²) in [6.45, 7) is 6.71. The second-order valence-corrected chi connectivity index (χ2v) is 9.00. The van der Waals surface area contributed by atoms with Gasteiger partial charge in [-0.25, -0.2) is 0 Å². The fourth-order valence-electron chi connectivity index (χ4n) is 4.73. The van der Waals surface area contributed by atoms with Gasteiger partial charge in [0.15, 0.2) is 0 Å². The molecule has 1 aliphatic carbocycles. The quantitative estimate of drug-likeness (QED) is 0.776. The maximum absolute atomic E-state index is 12.4. The molecule has 0 radical (unpaired) electrons. The minimum atomic E-state index is -0.466. The molecule has 1 saturated heterocycles. The summed E-state index contributed by atoms with van der Waals surface area (Å²) in [4.78, 5) is 15.0. The molecule has 0 unspecified atom stereocenters. The molecular weight excluding hydrogens is 364 g/mol. The first kappa shape index (κ1) is 18.9. The average Bonchev–Trinajstić information content (AvgIpc) is 2.68. The molecule has 1 aromatic heterocycles. The predicted molar refractivity (Wildman–Crippen MR) is 113 cm³/mol. The zero-order chi connectivity index (χ0) is 20.0. The van der Waals surface area contributed by atoms with Gasteiger partial charge in [0.25, 0.3) is 5.56 Å². The van der Waals surface area contributed by atoms with E-state index in [-0.39, 0.29) is 11.6 Å². The topological polar surface area (TPSA) is 43.7 Å². The van der Waals surface area contributed by atoms with Crippen molar-refractivity contribution in [2.24, 2.45) is 0 Å². The normalized spacial score (nSPS) is 21.6. The van der Waals surface area contributed by atoms with Crippen LogP contribution in [0.4, 0.5) is 0 Å². The summed E-state index contributed by atoms with van der Waals surface area (Å²) in [5.74, 6) is 0.458. The molecule has 2 aliphatic heterocycles. The minimum Gasteiger partial charge on any atom is -0.462 e. The van der Waals surface area contributed by atoms with Gasteiger partial charge in [-0.15, -0.1) is 0 Å². The molecule has 154 valence electrons. The van der Waals surface area contributed by atoms with E-state index in [9.17, 15) is 4.79 Å². The molecule has 1 saturated carbocycles. The van der Waals surface area contributed by atoms with Crippen molar-refractivity contribution in [2.45, 2.75) is 70.4 Å². The lowest BCUT2D eigenvalue weighted by Gasteiger charge is -2.47. The molecule has 3 heterocycles. The lowest BCUT2D eigenvalue weighted by molar-refractivity contribution is -0.231. The lowest BCUT2D eigenvalue weighted by Crippen LogP contribution is -2.54. The first-order valence-corrected chi connectivity index (χ1v) is 11.0. The number of ether oxygens (including phenoxy) is 2. The number of hydrogen-bond acceptors (Lipinski definition) is 4. The van der Waals surface area contributed by atoms with Crippen LogP contribution < -0.4 is 10.3 Å². The van der Waals surface area contributed by atoms with E-state index >= 15 is 0 Å². The monoisotopic (exact) mass is 394 g/mol. The summed E-state index contributed by atoms with van der Waals surface area (Å²) in [6.07, 6.45) is 7.81. The average molecular weight is 395 g/mol. The highest BCUT2D eigenvalue weighted by Gasteiger charge is 2.42. The SMILES string of the molecule is CC(C)n1ccc(-c2ccc3c(c2)COC2(CCN(C4CCC4)CC2)O3)cc1=O. The molecule has 3 aliphatic rings. The summed E-state index contributed by atoms with van der Waals surface area (Å²) in [6, 6.07) is 10.9. The first-order chi connectivity index (χ1) is 14.0. The number of hydrogen-bond donors (Lipinski definition) is 0. The molecule has 0 atom stereocenters. The van der Waals surface area contributed by atoms with Gasteiger partial charge in [-0.1, -0.05) is 12.5 Å². The van der Waals surface area contributed by atoms with Gasteiger partial charge in [0.1, 0.15) is 5.75 Å². The van der Waals surface area contributed by atoms with E-state index < -0.39 is 5.79 Å². The molecule has 5 rings (SSSR count). The van der Waals surface area contributed by atoms with E-state index in [4.69, 9.17) is 9.47 Å². The summed E-state index contributed by atoms with van der Waals surface area (Å²) in [5, 5.41) is 0. The molecular formula is C24H30N2O3. The number of benzene rings is 1. The van der Waals surface area contributed by atoms with Gasteiger partial charge in [0, 0.05) is 55.8 Å². The molecule has 0 N–H and O–H groups in total. The Morgan fingerprint density at radius 1 is 1.07 bits per heavy atom. The molecule has 5 nitrogen and oxygen atoms in total. The van der Waals surface area contributed by atoms with Crippen LogP contribution in [0.25, 0.3) is 11.1 Å². The molecule has 0 bridgehead atoms. The third-order valence-corrected chi connectivity index (χ3v) is 6.84. The number of nitrogens with zero attached hydrogens (tertiary/aromatic N) is 2. The van der Waals surface area contributed by atoms with Crippen molar-refractivity contribution in [1.29, 1.82) is 0 Å².